The summed E-state index contributed by atoms with van der Waals surface area (Å²) >= 11 is 1.78. The zero-order chi connectivity index (χ0) is 5.11. The van der Waals surface area contributed by atoms with Crippen LogP contribution in [0.1, 0.15) is 6.92 Å². The van der Waals surface area contributed by atoms with E-state index in [-0.39, 0.29) is 0 Å². The summed E-state index contributed by atoms with van der Waals surface area (Å²) in [5.41, 5.74) is 0. The van der Waals surface area contributed by atoms with E-state index in [1.807, 2.05) is 13.1 Å². The molecule has 38 valence electrons. The quantitative estimate of drug-likeness (QED) is 0.465. The van der Waals surface area contributed by atoms with Crippen molar-refractivity contribution in [3.8, 4) is 0 Å². The fourth-order valence-corrected chi connectivity index (χ4v) is 1.05. The average Bonchev–Trinajstić information content (AvgIpc) is 2.14. The second kappa shape index (κ2) is 2.17. The van der Waals surface area contributed by atoms with Gasteiger partial charge in [-0.15, -0.1) is 11.8 Å². The number of thioether (sulfide) groups is 1. The maximum absolute atomic E-state index is 4.01. The Morgan fingerprint density at radius 2 is 2.86 bits per heavy atom. The molecule has 0 amide bonds. The highest BCUT2D eigenvalue weighted by Crippen LogP contribution is 2.17. The van der Waals surface area contributed by atoms with Crippen molar-refractivity contribution in [2.75, 3.05) is 5.88 Å². The molecule has 1 heterocycles. The predicted molar refractivity (Wildman–Crippen MR) is 34.7 cm³/mol. The van der Waals surface area contributed by atoms with Gasteiger partial charge in [0.1, 0.15) is 0 Å². The van der Waals surface area contributed by atoms with Crippen LogP contribution in [-0.2, 0) is 0 Å². The van der Waals surface area contributed by atoms with E-state index in [2.05, 4.69) is 11.1 Å². The first-order valence-electron chi connectivity index (χ1n) is 2.22. The molecule has 0 aliphatic carbocycles. The van der Waals surface area contributed by atoms with Gasteiger partial charge in [0.15, 0.2) is 0 Å². The largest absolute Gasteiger partial charge is 0.281 e. The summed E-state index contributed by atoms with van der Waals surface area (Å²) in [6.45, 7) is 2.03. The summed E-state index contributed by atoms with van der Waals surface area (Å²) in [4.78, 5) is 5.30. The molecule has 2 heteroatoms. The van der Waals surface area contributed by atoms with Crippen molar-refractivity contribution in [3.05, 3.63) is 11.0 Å². The van der Waals surface area contributed by atoms with Crippen LogP contribution in [0.25, 0.3) is 0 Å². The Balaban J connectivity index is 2.59. The van der Waals surface area contributed by atoms with Gasteiger partial charge in [0.2, 0.25) is 0 Å². The van der Waals surface area contributed by atoms with E-state index in [1.165, 1.54) is 4.91 Å². The molecule has 0 saturated heterocycles. The molecule has 0 spiro atoms. The third kappa shape index (κ3) is 1.06. The van der Waals surface area contributed by atoms with Crippen LogP contribution in [0.5, 0.6) is 0 Å². The number of hydrogen-bond acceptors (Lipinski definition) is 2. The number of rotatable bonds is 0. The van der Waals surface area contributed by atoms with Crippen LogP contribution >= 0.6 is 11.8 Å². The molecule has 1 rings (SSSR count). The Bertz CT molecular complexity index is 112. The number of hydrogen-bond donors (Lipinski definition) is 0. The molecule has 0 aromatic heterocycles. The molecule has 0 bridgehead atoms. The van der Waals surface area contributed by atoms with Gasteiger partial charge in [0, 0.05) is 11.1 Å². The first kappa shape index (κ1) is 4.91. The van der Waals surface area contributed by atoms with Crippen LogP contribution in [0.4, 0.5) is 0 Å². The van der Waals surface area contributed by atoms with E-state index in [0.29, 0.717) is 0 Å². The summed E-state index contributed by atoms with van der Waals surface area (Å²) in [6.07, 6.45) is 3.98. The monoisotopic (exact) mass is 113 g/mol. The minimum atomic E-state index is 0.916. The van der Waals surface area contributed by atoms with Crippen molar-refractivity contribution in [2.45, 2.75) is 6.92 Å². The van der Waals surface area contributed by atoms with Crippen molar-refractivity contribution in [1.29, 1.82) is 0 Å². The molecule has 0 N–H and O–H groups in total. The fraction of sp³-hybridized carbons (Fsp3) is 0.400. The van der Waals surface area contributed by atoms with Gasteiger partial charge in [-0.25, -0.2) is 0 Å². The van der Waals surface area contributed by atoms with Crippen molar-refractivity contribution in [2.24, 2.45) is 4.99 Å². The molecule has 1 nitrogen and oxygen atoms in total. The molecule has 0 saturated carbocycles. The zero-order valence-electron chi connectivity index (χ0n) is 4.22. The lowest BCUT2D eigenvalue weighted by molar-refractivity contribution is 1.43. The molecule has 0 atom stereocenters. The predicted octanol–water partition coefficient (Wildman–Crippen LogP) is 1.67. The van der Waals surface area contributed by atoms with Gasteiger partial charge in [0.05, 0.1) is 5.88 Å². The second-order valence-electron chi connectivity index (χ2n) is 1.28. The van der Waals surface area contributed by atoms with Gasteiger partial charge in [-0.1, -0.05) is 6.08 Å². The Morgan fingerprint density at radius 3 is 3.14 bits per heavy atom. The van der Waals surface area contributed by atoms with Crippen LogP contribution in [0, 0.1) is 0 Å². The standard InChI is InChI=1S/C5H7NS/c1-2-5-3-6-4-7-5/h2-3H,4H2,1H3. The highest BCUT2D eigenvalue weighted by atomic mass is 32.2. The molecule has 0 aromatic carbocycles. The van der Waals surface area contributed by atoms with Crippen LogP contribution in [0.2, 0.25) is 0 Å². The highest BCUT2D eigenvalue weighted by Gasteiger charge is 1.96. The minimum absolute atomic E-state index is 0.916. The molecule has 0 radical (unpaired) electrons. The highest BCUT2D eigenvalue weighted by molar-refractivity contribution is 8.04. The summed E-state index contributed by atoms with van der Waals surface area (Å²) in [7, 11) is 0. The van der Waals surface area contributed by atoms with Gasteiger partial charge in [-0.3, -0.25) is 4.99 Å². The minimum Gasteiger partial charge on any atom is -0.281 e. The summed E-state index contributed by atoms with van der Waals surface area (Å²) in [6, 6.07) is 0. The van der Waals surface area contributed by atoms with Gasteiger partial charge in [-0.05, 0) is 6.92 Å². The number of nitrogens with zero attached hydrogens (tertiary/aromatic N) is 1. The third-order valence-corrected chi connectivity index (χ3v) is 1.76. The first-order valence-corrected chi connectivity index (χ1v) is 3.21. The van der Waals surface area contributed by atoms with Crippen molar-refractivity contribution in [1.82, 2.24) is 0 Å². The number of aliphatic imine (C=N–C) groups is 1. The average molecular weight is 113 g/mol. The molecular formula is C5H7NS. The summed E-state index contributed by atoms with van der Waals surface area (Å²) < 4.78 is 0. The molecule has 0 unspecified atom stereocenters. The van der Waals surface area contributed by atoms with E-state index in [9.17, 15) is 0 Å². The molecular weight excluding hydrogens is 106 g/mol. The topological polar surface area (TPSA) is 12.4 Å². The van der Waals surface area contributed by atoms with E-state index in [4.69, 9.17) is 0 Å². The molecule has 1 aliphatic rings. The maximum atomic E-state index is 4.01. The smallest absolute Gasteiger partial charge is 0.0890 e. The lowest BCUT2D eigenvalue weighted by atomic mass is 10.6. The Morgan fingerprint density at radius 1 is 2.00 bits per heavy atom. The van der Waals surface area contributed by atoms with Gasteiger partial charge in [0.25, 0.3) is 0 Å². The van der Waals surface area contributed by atoms with E-state index >= 15 is 0 Å². The van der Waals surface area contributed by atoms with Crippen LogP contribution < -0.4 is 0 Å². The summed E-state index contributed by atoms with van der Waals surface area (Å²) in [5, 5.41) is 0. The number of allylic oxidation sites excluding steroid dienone is 2. The van der Waals surface area contributed by atoms with E-state index in [1.54, 1.807) is 11.8 Å². The molecule has 0 fully saturated rings. The van der Waals surface area contributed by atoms with Crippen LogP contribution in [0.15, 0.2) is 16.0 Å². The molecule has 7 heavy (non-hydrogen) atoms. The van der Waals surface area contributed by atoms with Crippen molar-refractivity contribution < 1.29 is 0 Å². The van der Waals surface area contributed by atoms with Gasteiger partial charge < -0.3 is 0 Å². The van der Waals surface area contributed by atoms with Crippen LogP contribution in [-0.4, -0.2) is 12.1 Å². The Kier molecular flexibility index (Phi) is 1.52. The lowest BCUT2D eigenvalue weighted by Crippen LogP contribution is -1.63. The lowest BCUT2D eigenvalue weighted by Gasteiger charge is -1.81. The Labute approximate surface area is 47.5 Å². The SMILES string of the molecule is CC=C1C=NCS1. The fourth-order valence-electron chi connectivity index (χ4n) is 0.434. The maximum Gasteiger partial charge on any atom is 0.0890 e. The van der Waals surface area contributed by atoms with Crippen molar-refractivity contribution in [3.63, 3.8) is 0 Å². The van der Waals surface area contributed by atoms with Gasteiger partial charge in [-0.2, -0.15) is 0 Å². The van der Waals surface area contributed by atoms with Gasteiger partial charge >= 0.3 is 0 Å². The third-order valence-electron chi connectivity index (χ3n) is 0.809. The Hall–Kier alpha value is -0.240. The summed E-state index contributed by atoms with van der Waals surface area (Å²) in [5.74, 6) is 0.916. The van der Waals surface area contributed by atoms with Crippen LogP contribution in [0.3, 0.4) is 0 Å². The molecule has 1 aliphatic heterocycles. The van der Waals surface area contributed by atoms with Crippen molar-refractivity contribution >= 4 is 18.0 Å². The normalized spacial score (nSPS) is 24.4. The second-order valence-corrected chi connectivity index (χ2v) is 2.29. The molecule has 0 aromatic rings. The zero-order valence-corrected chi connectivity index (χ0v) is 5.03. The van der Waals surface area contributed by atoms with E-state index < -0.39 is 0 Å². The first-order chi connectivity index (χ1) is 3.43. The van der Waals surface area contributed by atoms with E-state index in [0.717, 1.165) is 5.88 Å².